The highest BCUT2D eigenvalue weighted by Gasteiger charge is 2.31. The minimum Gasteiger partial charge on any atom is -0.155 e. The first-order valence-corrected chi connectivity index (χ1v) is 8.28. The molecule has 0 saturated carbocycles. The first-order valence-electron chi connectivity index (χ1n) is 7.34. The van der Waals surface area contributed by atoms with Gasteiger partial charge < -0.3 is 0 Å². The molecule has 0 nitrogen and oxygen atoms in total. The molecule has 0 N–H and O–H groups in total. The summed E-state index contributed by atoms with van der Waals surface area (Å²) in [6.07, 6.45) is 10.0. The predicted molar refractivity (Wildman–Crippen MR) is 77.2 cm³/mol. The third kappa shape index (κ3) is 4.31. The molecule has 1 aliphatic heterocycles. The second-order valence-electron chi connectivity index (χ2n) is 5.63. The molecule has 96 valence electrons. The third-order valence-corrected chi connectivity index (χ3v) is 6.19. The van der Waals surface area contributed by atoms with E-state index in [1.54, 1.807) is 0 Å². The second-order valence-corrected chi connectivity index (χ2v) is 7.17. The Bertz CT molecular complexity index is 178. The lowest BCUT2D eigenvalue weighted by Gasteiger charge is -2.38. The van der Waals surface area contributed by atoms with Crippen molar-refractivity contribution in [2.24, 2.45) is 11.8 Å². The Morgan fingerprint density at radius 3 is 2.44 bits per heavy atom. The van der Waals surface area contributed by atoms with E-state index < -0.39 is 0 Å². The average Bonchev–Trinajstić information content (AvgIpc) is 2.29. The van der Waals surface area contributed by atoms with E-state index in [2.05, 4.69) is 39.5 Å². The lowest BCUT2D eigenvalue weighted by Crippen LogP contribution is -2.31. The van der Waals surface area contributed by atoms with Gasteiger partial charge in [-0.25, -0.2) is 0 Å². The second kappa shape index (κ2) is 7.63. The molecule has 0 bridgehead atoms. The maximum absolute atomic E-state index is 2.46. The Labute approximate surface area is 107 Å². The number of rotatable bonds is 6. The van der Waals surface area contributed by atoms with E-state index >= 15 is 0 Å². The molecule has 1 saturated heterocycles. The minimum absolute atomic E-state index is 0.930. The van der Waals surface area contributed by atoms with Gasteiger partial charge in [0.2, 0.25) is 0 Å². The van der Waals surface area contributed by atoms with E-state index in [9.17, 15) is 0 Å². The molecule has 0 spiro atoms. The minimum atomic E-state index is 0.930. The van der Waals surface area contributed by atoms with Crippen molar-refractivity contribution in [1.29, 1.82) is 0 Å². The molecule has 1 heteroatoms. The van der Waals surface area contributed by atoms with E-state index in [-0.39, 0.29) is 0 Å². The van der Waals surface area contributed by atoms with Gasteiger partial charge in [-0.05, 0) is 31.1 Å². The Morgan fingerprint density at radius 1 is 1.06 bits per heavy atom. The van der Waals surface area contributed by atoms with Gasteiger partial charge in [0, 0.05) is 10.5 Å². The fourth-order valence-electron chi connectivity index (χ4n) is 2.88. The molecule has 1 rings (SSSR count). The molecule has 1 fully saturated rings. The Balaban J connectivity index is 2.27. The molecule has 0 aliphatic carbocycles. The summed E-state index contributed by atoms with van der Waals surface area (Å²) in [7, 11) is 0. The van der Waals surface area contributed by atoms with E-state index in [0.29, 0.717) is 0 Å². The Morgan fingerprint density at radius 2 is 1.81 bits per heavy atom. The van der Waals surface area contributed by atoms with Crippen molar-refractivity contribution < 1.29 is 0 Å². The lowest BCUT2D eigenvalue weighted by atomic mass is 9.86. The van der Waals surface area contributed by atoms with E-state index in [4.69, 9.17) is 0 Å². The summed E-state index contributed by atoms with van der Waals surface area (Å²) in [4.78, 5) is 0. The van der Waals surface area contributed by atoms with Crippen molar-refractivity contribution in [3.8, 4) is 0 Å². The summed E-state index contributed by atoms with van der Waals surface area (Å²) >= 11 is 2.30. The fraction of sp³-hybridized carbons (Fsp3) is 1.00. The van der Waals surface area contributed by atoms with Gasteiger partial charge >= 0.3 is 0 Å². The van der Waals surface area contributed by atoms with Gasteiger partial charge in [-0.1, -0.05) is 53.4 Å². The number of thioether (sulfide) groups is 1. The Hall–Kier alpha value is 0.350. The van der Waals surface area contributed by atoms with Crippen molar-refractivity contribution in [3.63, 3.8) is 0 Å². The molecule has 0 aromatic carbocycles. The molecule has 0 amide bonds. The van der Waals surface area contributed by atoms with Gasteiger partial charge in [0.1, 0.15) is 0 Å². The molecular formula is C15H30S. The van der Waals surface area contributed by atoms with Gasteiger partial charge in [0.15, 0.2) is 0 Å². The topological polar surface area (TPSA) is 0 Å². The number of hydrogen-bond acceptors (Lipinski definition) is 1. The zero-order chi connectivity index (χ0) is 12.0. The average molecular weight is 242 g/mol. The van der Waals surface area contributed by atoms with Crippen LogP contribution in [0.25, 0.3) is 0 Å². The highest BCUT2D eigenvalue weighted by molar-refractivity contribution is 8.00. The fourth-order valence-corrected chi connectivity index (χ4v) is 4.80. The molecule has 1 aliphatic rings. The normalized spacial score (nSPS) is 35.2. The molecular weight excluding hydrogens is 212 g/mol. The summed E-state index contributed by atoms with van der Waals surface area (Å²) in [5.41, 5.74) is 0. The maximum atomic E-state index is 2.46. The summed E-state index contributed by atoms with van der Waals surface area (Å²) in [5.74, 6) is 1.88. The van der Waals surface area contributed by atoms with E-state index in [1.165, 1.54) is 44.9 Å². The lowest BCUT2D eigenvalue weighted by molar-refractivity contribution is 0.323. The van der Waals surface area contributed by atoms with E-state index in [1.807, 2.05) is 0 Å². The van der Waals surface area contributed by atoms with Crippen LogP contribution in [0, 0.1) is 11.8 Å². The van der Waals surface area contributed by atoms with Crippen LogP contribution < -0.4 is 0 Å². The molecule has 16 heavy (non-hydrogen) atoms. The third-order valence-electron chi connectivity index (χ3n) is 4.27. The van der Waals surface area contributed by atoms with Crippen molar-refractivity contribution >= 4 is 11.8 Å². The van der Waals surface area contributed by atoms with Gasteiger partial charge in [-0.3, -0.25) is 0 Å². The first kappa shape index (κ1) is 14.4. The molecule has 4 unspecified atom stereocenters. The summed E-state index contributed by atoms with van der Waals surface area (Å²) < 4.78 is 0. The zero-order valence-corrected chi connectivity index (χ0v) is 12.5. The molecule has 0 radical (unpaired) electrons. The van der Waals surface area contributed by atoms with Crippen LogP contribution in [0.5, 0.6) is 0 Å². The van der Waals surface area contributed by atoms with E-state index in [0.717, 1.165) is 22.3 Å². The first-order chi connectivity index (χ1) is 7.69. The highest BCUT2D eigenvalue weighted by Crippen LogP contribution is 2.42. The van der Waals surface area contributed by atoms with Crippen LogP contribution in [0.1, 0.15) is 72.6 Å². The highest BCUT2D eigenvalue weighted by atomic mass is 32.2. The standard InChI is InChI=1S/C15H30S/c1-5-7-8-9-10-14-11-12(3)13(4)15(6-2)16-14/h12-15H,5-11H2,1-4H3. The molecule has 0 aromatic rings. The van der Waals surface area contributed by atoms with Crippen molar-refractivity contribution in [3.05, 3.63) is 0 Å². The van der Waals surface area contributed by atoms with Crippen LogP contribution in [-0.2, 0) is 0 Å². The molecule has 4 atom stereocenters. The number of hydrogen-bond donors (Lipinski definition) is 0. The molecule has 1 heterocycles. The largest absolute Gasteiger partial charge is 0.155 e. The van der Waals surface area contributed by atoms with Gasteiger partial charge in [-0.15, -0.1) is 0 Å². The van der Waals surface area contributed by atoms with Gasteiger partial charge in [0.05, 0.1) is 0 Å². The van der Waals surface area contributed by atoms with Crippen LogP contribution in [-0.4, -0.2) is 10.5 Å². The van der Waals surface area contributed by atoms with Gasteiger partial charge in [-0.2, -0.15) is 11.8 Å². The Kier molecular flexibility index (Phi) is 6.87. The smallest absolute Gasteiger partial charge is 0.00753 e. The zero-order valence-electron chi connectivity index (χ0n) is 11.7. The van der Waals surface area contributed by atoms with Crippen LogP contribution >= 0.6 is 11.8 Å². The van der Waals surface area contributed by atoms with Crippen LogP contribution in [0.3, 0.4) is 0 Å². The SMILES string of the molecule is CCCCCCC1CC(C)C(C)C(CC)S1. The van der Waals surface area contributed by atoms with Crippen molar-refractivity contribution in [2.75, 3.05) is 0 Å². The van der Waals surface area contributed by atoms with Crippen LogP contribution in [0.4, 0.5) is 0 Å². The monoisotopic (exact) mass is 242 g/mol. The number of unbranched alkanes of at least 4 members (excludes halogenated alkanes) is 3. The van der Waals surface area contributed by atoms with Crippen LogP contribution in [0.2, 0.25) is 0 Å². The summed E-state index contributed by atoms with van der Waals surface area (Å²) in [6, 6.07) is 0. The molecule has 0 aromatic heterocycles. The summed E-state index contributed by atoms with van der Waals surface area (Å²) in [5, 5.41) is 1.90. The van der Waals surface area contributed by atoms with Crippen LogP contribution in [0.15, 0.2) is 0 Å². The summed E-state index contributed by atoms with van der Waals surface area (Å²) in [6.45, 7) is 9.58. The van der Waals surface area contributed by atoms with Gasteiger partial charge in [0.25, 0.3) is 0 Å². The van der Waals surface area contributed by atoms with Crippen molar-refractivity contribution in [2.45, 2.75) is 83.1 Å². The quantitative estimate of drug-likeness (QED) is 0.553. The predicted octanol–water partition coefficient (Wildman–Crippen LogP) is 5.51. The maximum Gasteiger partial charge on any atom is 0.00753 e. The van der Waals surface area contributed by atoms with Crippen molar-refractivity contribution in [1.82, 2.24) is 0 Å².